The van der Waals surface area contributed by atoms with Crippen LogP contribution in [-0.4, -0.2) is 38.1 Å². The summed E-state index contributed by atoms with van der Waals surface area (Å²) in [6.07, 6.45) is 6.28. The zero-order chi connectivity index (χ0) is 13.8. The standard InChI is InChI=1S/C11H14N6O2/c1-7(10(12)16-19)4-14-11(18)8-5-15-17-3-2-13-6-9(8)17/h2-3,5-7,19H,4H2,1H3,(H2,12,16)(H,14,18). The number of amides is 1. The largest absolute Gasteiger partial charge is 0.409 e. The molecule has 4 N–H and O–H groups in total. The van der Waals surface area contributed by atoms with Crippen molar-refractivity contribution in [2.75, 3.05) is 6.54 Å². The smallest absolute Gasteiger partial charge is 0.255 e. The van der Waals surface area contributed by atoms with Crippen LogP contribution in [-0.2, 0) is 0 Å². The lowest BCUT2D eigenvalue weighted by molar-refractivity contribution is 0.0952. The Hall–Kier alpha value is -2.64. The Morgan fingerprint density at radius 1 is 1.63 bits per heavy atom. The molecular weight excluding hydrogens is 248 g/mol. The van der Waals surface area contributed by atoms with Crippen LogP contribution in [0.5, 0.6) is 0 Å². The summed E-state index contributed by atoms with van der Waals surface area (Å²) in [7, 11) is 0. The van der Waals surface area contributed by atoms with Crippen molar-refractivity contribution < 1.29 is 10.0 Å². The number of hydrogen-bond donors (Lipinski definition) is 3. The predicted octanol–water partition coefficient (Wildman–Crippen LogP) is -0.158. The lowest BCUT2D eigenvalue weighted by atomic mass is 10.1. The van der Waals surface area contributed by atoms with Gasteiger partial charge in [0.05, 0.1) is 23.5 Å². The van der Waals surface area contributed by atoms with E-state index < -0.39 is 0 Å². The second kappa shape index (κ2) is 5.34. The maximum absolute atomic E-state index is 12.0. The molecule has 0 saturated heterocycles. The highest BCUT2D eigenvalue weighted by molar-refractivity contribution is 6.00. The number of hydrogen-bond acceptors (Lipinski definition) is 5. The van der Waals surface area contributed by atoms with Gasteiger partial charge in [0.25, 0.3) is 5.91 Å². The number of carbonyl (C=O) groups excluding carboxylic acids is 1. The summed E-state index contributed by atoms with van der Waals surface area (Å²) in [4.78, 5) is 16.0. The Balaban J connectivity index is 2.08. The number of nitrogens with two attached hydrogens (primary N) is 1. The highest BCUT2D eigenvalue weighted by atomic mass is 16.4. The van der Waals surface area contributed by atoms with E-state index in [1.165, 1.54) is 6.20 Å². The van der Waals surface area contributed by atoms with Gasteiger partial charge in [-0.15, -0.1) is 0 Å². The molecule has 2 heterocycles. The minimum Gasteiger partial charge on any atom is -0.409 e. The van der Waals surface area contributed by atoms with E-state index in [0.29, 0.717) is 11.1 Å². The summed E-state index contributed by atoms with van der Waals surface area (Å²) < 4.78 is 1.56. The first-order chi connectivity index (χ1) is 9.13. The summed E-state index contributed by atoms with van der Waals surface area (Å²) in [5.41, 5.74) is 6.49. The van der Waals surface area contributed by atoms with E-state index >= 15 is 0 Å². The second-order valence-electron chi connectivity index (χ2n) is 4.10. The number of carbonyl (C=O) groups is 1. The van der Waals surface area contributed by atoms with Gasteiger partial charge in [0, 0.05) is 24.9 Å². The molecule has 100 valence electrons. The molecule has 0 fully saturated rings. The monoisotopic (exact) mass is 262 g/mol. The topological polar surface area (TPSA) is 118 Å². The van der Waals surface area contributed by atoms with Crippen LogP contribution in [0, 0.1) is 5.92 Å². The normalized spacial score (nSPS) is 13.4. The van der Waals surface area contributed by atoms with Crippen molar-refractivity contribution in [3.8, 4) is 0 Å². The summed E-state index contributed by atoms with van der Waals surface area (Å²) in [6.45, 7) is 2.01. The summed E-state index contributed by atoms with van der Waals surface area (Å²) in [5, 5.41) is 18.2. The van der Waals surface area contributed by atoms with E-state index in [0.717, 1.165) is 0 Å². The van der Waals surface area contributed by atoms with Crippen LogP contribution in [0.25, 0.3) is 5.52 Å². The maximum Gasteiger partial charge on any atom is 0.255 e. The van der Waals surface area contributed by atoms with E-state index in [1.54, 1.807) is 30.0 Å². The van der Waals surface area contributed by atoms with Gasteiger partial charge >= 0.3 is 0 Å². The highest BCUT2D eigenvalue weighted by Crippen LogP contribution is 2.08. The fourth-order valence-electron chi connectivity index (χ4n) is 1.55. The second-order valence-corrected chi connectivity index (χ2v) is 4.10. The van der Waals surface area contributed by atoms with Crippen molar-refractivity contribution in [1.82, 2.24) is 19.9 Å². The Kier molecular flexibility index (Phi) is 3.60. The molecule has 2 aromatic rings. The number of fused-ring (bicyclic) bond motifs is 1. The molecule has 19 heavy (non-hydrogen) atoms. The third-order valence-corrected chi connectivity index (χ3v) is 2.76. The quantitative estimate of drug-likeness (QED) is 0.306. The Labute approximate surface area is 108 Å². The van der Waals surface area contributed by atoms with Crippen molar-refractivity contribution in [3.05, 3.63) is 30.4 Å². The SMILES string of the molecule is CC(CNC(=O)c1cnn2ccncc12)/C(N)=N/O. The molecule has 0 bridgehead atoms. The van der Waals surface area contributed by atoms with Gasteiger partial charge in [0.2, 0.25) is 0 Å². The number of aromatic nitrogens is 3. The van der Waals surface area contributed by atoms with Crippen LogP contribution in [0.3, 0.4) is 0 Å². The zero-order valence-electron chi connectivity index (χ0n) is 10.3. The molecule has 0 aliphatic carbocycles. The zero-order valence-corrected chi connectivity index (χ0v) is 10.3. The minimum absolute atomic E-state index is 0.0711. The van der Waals surface area contributed by atoms with Crippen molar-refractivity contribution in [3.63, 3.8) is 0 Å². The lowest BCUT2D eigenvalue weighted by Crippen LogP contribution is -2.34. The molecule has 1 atom stereocenters. The number of rotatable bonds is 4. The molecule has 8 nitrogen and oxygen atoms in total. The molecule has 8 heteroatoms. The molecule has 1 amide bonds. The molecule has 0 aliphatic heterocycles. The van der Waals surface area contributed by atoms with Crippen LogP contribution >= 0.6 is 0 Å². The van der Waals surface area contributed by atoms with Crippen molar-refractivity contribution >= 4 is 17.3 Å². The average Bonchev–Trinajstić information content (AvgIpc) is 2.87. The molecule has 0 spiro atoms. The maximum atomic E-state index is 12.0. The first kappa shape index (κ1) is 12.8. The fourth-order valence-corrected chi connectivity index (χ4v) is 1.55. The van der Waals surface area contributed by atoms with E-state index in [4.69, 9.17) is 10.9 Å². The van der Waals surface area contributed by atoms with Crippen LogP contribution in [0.2, 0.25) is 0 Å². The lowest BCUT2D eigenvalue weighted by Gasteiger charge is -2.10. The van der Waals surface area contributed by atoms with Crippen LogP contribution in [0.1, 0.15) is 17.3 Å². The first-order valence-electron chi connectivity index (χ1n) is 5.66. The molecule has 2 rings (SSSR count). The van der Waals surface area contributed by atoms with Gasteiger partial charge in [0.15, 0.2) is 0 Å². The molecule has 0 radical (unpaired) electrons. The van der Waals surface area contributed by atoms with Gasteiger partial charge in [-0.25, -0.2) is 4.52 Å². The van der Waals surface area contributed by atoms with E-state index in [2.05, 4.69) is 20.6 Å². The predicted molar refractivity (Wildman–Crippen MR) is 67.9 cm³/mol. The molecule has 1 unspecified atom stereocenters. The van der Waals surface area contributed by atoms with Crippen molar-refractivity contribution in [2.24, 2.45) is 16.8 Å². The molecule has 0 aliphatic rings. The molecule has 2 aromatic heterocycles. The van der Waals surface area contributed by atoms with Crippen LogP contribution in [0.4, 0.5) is 0 Å². The molecule has 0 aromatic carbocycles. The molecule has 0 saturated carbocycles. The average molecular weight is 262 g/mol. The first-order valence-corrected chi connectivity index (χ1v) is 5.66. The Morgan fingerprint density at radius 3 is 3.16 bits per heavy atom. The Bertz CT molecular complexity index is 620. The fraction of sp³-hybridized carbons (Fsp3) is 0.273. The minimum atomic E-state index is -0.277. The third-order valence-electron chi connectivity index (χ3n) is 2.76. The van der Waals surface area contributed by atoms with Gasteiger partial charge in [-0.3, -0.25) is 9.78 Å². The summed E-state index contributed by atoms with van der Waals surface area (Å²) >= 11 is 0. The van der Waals surface area contributed by atoms with Gasteiger partial charge in [-0.1, -0.05) is 12.1 Å². The van der Waals surface area contributed by atoms with Crippen LogP contribution < -0.4 is 11.1 Å². The van der Waals surface area contributed by atoms with Crippen LogP contribution in [0.15, 0.2) is 29.9 Å². The van der Waals surface area contributed by atoms with E-state index in [-0.39, 0.29) is 24.2 Å². The number of amidine groups is 1. The van der Waals surface area contributed by atoms with Gasteiger partial charge < -0.3 is 16.3 Å². The highest BCUT2D eigenvalue weighted by Gasteiger charge is 2.14. The van der Waals surface area contributed by atoms with Crippen molar-refractivity contribution in [2.45, 2.75) is 6.92 Å². The number of nitrogens with one attached hydrogen (secondary N) is 1. The van der Waals surface area contributed by atoms with Gasteiger partial charge in [-0.05, 0) is 0 Å². The van der Waals surface area contributed by atoms with E-state index in [1.807, 2.05) is 0 Å². The summed E-state index contributed by atoms with van der Waals surface area (Å²) in [5.74, 6) is -0.462. The van der Waals surface area contributed by atoms with Gasteiger partial charge in [0.1, 0.15) is 5.84 Å². The number of nitrogens with zero attached hydrogens (tertiary/aromatic N) is 4. The summed E-state index contributed by atoms with van der Waals surface area (Å²) in [6, 6.07) is 0. The number of oxime groups is 1. The van der Waals surface area contributed by atoms with Crippen molar-refractivity contribution in [1.29, 1.82) is 0 Å². The third kappa shape index (κ3) is 2.62. The molecular formula is C11H14N6O2. The van der Waals surface area contributed by atoms with Gasteiger partial charge in [-0.2, -0.15) is 5.10 Å². The Morgan fingerprint density at radius 2 is 2.42 bits per heavy atom. The van der Waals surface area contributed by atoms with E-state index in [9.17, 15) is 4.79 Å².